The Labute approximate surface area is 196 Å². The molecule has 9 heteroatoms. The topological polar surface area (TPSA) is 94.6 Å². The second kappa shape index (κ2) is 9.69. The van der Waals surface area contributed by atoms with Crippen molar-refractivity contribution in [2.75, 3.05) is 48.9 Å². The molecule has 0 bridgehead atoms. The van der Waals surface area contributed by atoms with E-state index in [4.69, 9.17) is 0 Å². The van der Waals surface area contributed by atoms with Crippen LogP contribution in [0.4, 0.5) is 11.5 Å². The van der Waals surface area contributed by atoms with Crippen LogP contribution in [-0.2, 0) is 10.0 Å². The molecule has 1 amide bonds. The Hall–Kier alpha value is -2.65. The number of nitrogens with zero attached hydrogens (tertiary/aromatic N) is 3. The van der Waals surface area contributed by atoms with Gasteiger partial charge in [-0.3, -0.25) is 9.52 Å². The Morgan fingerprint density at radius 3 is 2.48 bits per heavy atom. The van der Waals surface area contributed by atoms with E-state index >= 15 is 0 Å². The number of carbonyl (C=O) groups is 1. The van der Waals surface area contributed by atoms with E-state index in [1.165, 1.54) is 0 Å². The highest BCUT2D eigenvalue weighted by atomic mass is 32.2. The SMILES string of the molecule is Cc1ccc(C)c(S(=O)(=O)Nc2cc(C(=O)N3CCC(C)CC3)cnc2N2CCNCC2)c1. The van der Waals surface area contributed by atoms with Crippen molar-refractivity contribution in [3.05, 3.63) is 47.2 Å². The number of hydrogen-bond acceptors (Lipinski definition) is 6. The quantitative estimate of drug-likeness (QED) is 0.696. The van der Waals surface area contributed by atoms with Gasteiger partial charge in [0, 0.05) is 45.5 Å². The minimum atomic E-state index is -3.86. The molecule has 4 rings (SSSR count). The summed E-state index contributed by atoms with van der Waals surface area (Å²) in [5.41, 5.74) is 2.28. The van der Waals surface area contributed by atoms with Gasteiger partial charge in [-0.25, -0.2) is 13.4 Å². The maximum Gasteiger partial charge on any atom is 0.262 e. The zero-order valence-corrected chi connectivity index (χ0v) is 20.4. The van der Waals surface area contributed by atoms with Crippen LogP contribution in [0.15, 0.2) is 35.4 Å². The van der Waals surface area contributed by atoms with E-state index in [-0.39, 0.29) is 10.8 Å². The Balaban J connectivity index is 1.69. The molecular formula is C24H33N5O3S. The normalized spacial score (nSPS) is 17.8. The summed E-state index contributed by atoms with van der Waals surface area (Å²) in [5.74, 6) is 1.06. The predicted octanol–water partition coefficient (Wildman–Crippen LogP) is 2.78. The zero-order chi connectivity index (χ0) is 23.6. The van der Waals surface area contributed by atoms with Crippen LogP contribution in [0, 0.1) is 19.8 Å². The van der Waals surface area contributed by atoms with E-state index in [1.54, 1.807) is 31.3 Å². The summed E-state index contributed by atoms with van der Waals surface area (Å²) in [6, 6.07) is 7.00. The van der Waals surface area contributed by atoms with Gasteiger partial charge in [-0.2, -0.15) is 0 Å². The number of aromatic nitrogens is 1. The molecule has 0 saturated carbocycles. The molecule has 0 aliphatic carbocycles. The Morgan fingerprint density at radius 1 is 1.09 bits per heavy atom. The number of sulfonamides is 1. The highest BCUT2D eigenvalue weighted by molar-refractivity contribution is 7.92. The van der Waals surface area contributed by atoms with Crippen molar-refractivity contribution in [2.24, 2.45) is 5.92 Å². The lowest BCUT2D eigenvalue weighted by atomic mass is 9.99. The molecule has 33 heavy (non-hydrogen) atoms. The third-order valence-electron chi connectivity index (χ3n) is 6.48. The zero-order valence-electron chi connectivity index (χ0n) is 19.6. The fraction of sp³-hybridized carbons (Fsp3) is 0.500. The van der Waals surface area contributed by atoms with Gasteiger partial charge in [-0.1, -0.05) is 19.1 Å². The van der Waals surface area contributed by atoms with Gasteiger partial charge in [0.15, 0.2) is 5.82 Å². The van der Waals surface area contributed by atoms with E-state index in [9.17, 15) is 13.2 Å². The van der Waals surface area contributed by atoms with Crippen molar-refractivity contribution in [1.29, 1.82) is 0 Å². The molecule has 0 atom stereocenters. The van der Waals surface area contributed by atoms with E-state index < -0.39 is 10.0 Å². The highest BCUT2D eigenvalue weighted by Crippen LogP contribution is 2.29. The molecule has 2 N–H and O–H groups in total. The predicted molar refractivity (Wildman–Crippen MR) is 130 cm³/mol. The van der Waals surface area contributed by atoms with Gasteiger partial charge in [0.25, 0.3) is 15.9 Å². The number of piperazine rings is 1. The molecule has 178 valence electrons. The smallest absolute Gasteiger partial charge is 0.262 e. The molecule has 1 aromatic heterocycles. The van der Waals surface area contributed by atoms with Crippen LogP contribution >= 0.6 is 0 Å². The molecule has 2 aromatic rings. The van der Waals surface area contributed by atoms with E-state index in [0.29, 0.717) is 54.7 Å². The fourth-order valence-corrected chi connectivity index (χ4v) is 5.75. The molecule has 2 fully saturated rings. The molecule has 0 radical (unpaired) electrons. The monoisotopic (exact) mass is 471 g/mol. The average molecular weight is 472 g/mol. The van der Waals surface area contributed by atoms with Gasteiger partial charge < -0.3 is 15.1 Å². The number of pyridine rings is 1. The lowest BCUT2D eigenvalue weighted by Gasteiger charge is -2.32. The molecule has 2 saturated heterocycles. The van der Waals surface area contributed by atoms with Gasteiger partial charge in [-0.15, -0.1) is 0 Å². The Bertz CT molecular complexity index is 1120. The molecule has 0 unspecified atom stereocenters. The third-order valence-corrected chi connectivity index (χ3v) is 7.99. The number of benzene rings is 1. The van der Waals surface area contributed by atoms with Crippen LogP contribution in [0.1, 0.15) is 41.3 Å². The van der Waals surface area contributed by atoms with Gasteiger partial charge in [0.2, 0.25) is 0 Å². The van der Waals surface area contributed by atoms with Crippen LogP contribution in [0.3, 0.4) is 0 Å². The minimum Gasteiger partial charge on any atom is -0.352 e. The largest absolute Gasteiger partial charge is 0.352 e. The lowest BCUT2D eigenvalue weighted by molar-refractivity contribution is 0.0697. The molecule has 0 spiro atoms. The number of nitrogens with one attached hydrogen (secondary N) is 2. The fourth-order valence-electron chi connectivity index (χ4n) is 4.37. The molecule has 2 aliphatic rings. The standard InChI is InChI=1S/C24H33N5O3S/c1-17-6-10-29(11-7-17)24(30)20-15-21(23(26-16-20)28-12-8-25-9-13-28)27-33(31,32)22-14-18(2)4-5-19(22)3/h4-5,14-17,25,27H,6-13H2,1-3H3. The first-order valence-electron chi connectivity index (χ1n) is 11.6. The van der Waals surface area contributed by atoms with Gasteiger partial charge in [-0.05, 0) is 55.9 Å². The number of rotatable bonds is 5. The van der Waals surface area contributed by atoms with Crippen LogP contribution in [-0.4, -0.2) is 63.5 Å². The summed E-state index contributed by atoms with van der Waals surface area (Å²) in [4.78, 5) is 21.9. The summed E-state index contributed by atoms with van der Waals surface area (Å²) in [6.45, 7) is 10.3. The summed E-state index contributed by atoms with van der Waals surface area (Å²) >= 11 is 0. The molecule has 3 heterocycles. The summed E-state index contributed by atoms with van der Waals surface area (Å²) in [6.07, 6.45) is 3.53. The first-order chi connectivity index (χ1) is 15.7. The molecule has 8 nitrogen and oxygen atoms in total. The number of carbonyl (C=O) groups excluding carboxylic acids is 1. The molecule has 2 aliphatic heterocycles. The van der Waals surface area contributed by atoms with Crippen LogP contribution in [0.2, 0.25) is 0 Å². The Kier molecular flexibility index (Phi) is 6.90. The van der Waals surface area contributed by atoms with Crippen molar-refractivity contribution in [1.82, 2.24) is 15.2 Å². The maximum absolute atomic E-state index is 13.4. The van der Waals surface area contributed by atoms with E-state index in [2.05, 4.69) is 21.9 Å². The molecular weight excluding hydrogens is 438 g/mol. The van der Waals surface area contributed by atoms with Crippen molar-refractivity contribution >= 4 is 27.4 Å². The van der Waals surface area contributed by atoms with Crippen molar-refractivity contribution in [3.63, 3.8) is 0 Å². The number of anilines is 2. The van der Waals surface area contributed by atoms with Crippen LogP contribution in [0.5, 0.6) is 0 Å². The number of aryl methyl sites for hydroxylation is 2. The van der Waals surface area contributed by atoms with Crippen molar-refractivity contribution in [3.8, 4) is 0 Å². The Morgan fingerprint density at radius 2 is 1.79 bits per heavy atom. The number of amides is 1. The second-order valence-corrected chi connectivity index (χ2v) is 10.8. The maximum atomic E-state index is 13.4. The lowest BCUT2D eigenvalue weighted by Crippen LogP contribution is -2.44. The third kappa shape index (κ3) is 5.30. The average Bonchev–Trinajstić information content (AvgIpc) is 2.81. The minimum absolute atomic E-state index is 0.103. The van der Waals surface area contributed by atoms with Crippen molar-refractivity contribution < 1.29 is 13.2 Å². The van der Waals surface area contributed by atoms with E-state index in [1.807, 2.05) is 22.8 Å². The van der Waals surface area contributed by atoms with E-state index in [0.717, 1.165) is 31.5 Å². The van der Waals surface area contributed by atoms with Crippen LogP contribution in [0.25, 0.3) is 0 Å². The van der Waals surface area contributed by atoms with Crippen molar-refractivity contribution in [2.45, 2.75) is 38.5 Å². The van der Waals surface area contributed by atoms with Gasteiger partial charge in [0.1, 0.15) is 0 Å². The molecule has 1 aromatic carbocycles. The first kappa shape index (κ1) is 23.5. The summed E-state index contributed by atoms with van der Waals surface area (Å²) in [7, 11) is -3.86. The first-order valence-corrected chi connectivity index (χ1v) is 13.1. The second-order valence-electron chi connectivity index (χ2n) is 9.18. The van der Waals surface area contributed by atoms with Crippen LogP contribution < -0.4 is 14.9 Å². The summed E-state index contributed by atoms with van der Waals surface area (Å²) < 4.78 is 29.5. The number of piperidine rings is 1. The number of hydrogen-bond donors (Lipinski definition) is 2. The number of likely N-dealkylation sites (tertiary alicyclic amines) is 1. The van der Waals surface area contributed by atoms with Gasteiger partial charge >= 0.3 is 0 Å². The summed E-state index contributed by atoms with van der Waals surface area (Å²) in [5, 5.41) is 3.30. The van der Waals surface area contributed by atoms with Gasteiger partial charge in [0.05, 0.1) is 16.1 Å². The highest BCUT2D eigenvalue weighted by Gasteiger charge is 2.26.